The summed E-state index contributed by atoms with van der Waals surface area (Å²) in [5.74, 6) is 0. The zero-order chi connectivity index (χ0) is 12.5. The zero-order valence-corrected chi connectivity index (χ0v) is 10.4. The van der Waals surface area contributed by atoms with E-state index < -0.39 is 0 Å². The molecule has 2 aromatic heterocycles. The van der Waals surface area contributed by atoms with Gasteiger partial charge in [0.05, 0.1) is 5.69 Å². The van der Waals surface area contributed by atoms with E-state index in [-0.39, 0.29) is 0 Å². The maximum Gasteiger partial charge on any atom is 0.137 e. The fourth-order valence-electron chi connectivity index (χ4n) is 2.00. The van der Waals surface area contributed by atoms with Crippen LogP contribution in [0.4, 0.5) is 5.69 Å². The maximum atomic E-state index is 5.97. The van der Waals surface area contributed by atoms with Gasteiger partial charge in [-0.3, -0.25) is 0 Å². The molecular formula is C14H12ClN3. The van der Waals surface area contributed by atoms with Crippen molar-refractivity contribution >= 4 is 22.9 Å². The van der Waals surface area contributed by atoms with Crippen LogP contribution in [0.1, 0.15) is 11.3 Å². The average Bonchev–Trinajstić information content (AvgIpc) is 2.70. The summed E-state index contributed by atoms with van der Waals surface area (Å²) in [5, 5.41) is 0.750. The summed E-state index contributed by atoms with van der Waals surface area (Å²) < 4.78 is 1.94. The van der Waals surface area contributed by atoms with E-state index in [9.17, 15) is 0 Å². The summed E-state index contributed by atoms with van der Waals surface area (Å²) in [6, 6.07) is 11.6. The van der Waals surface area contributed by atoms with Crippen LogP contribution in [0.3, 0.4) is 0 Å². The van der Waals surface area contributed by atoms with Crippen molar-refractivity contribution < 1.29 is 0 Å². The van der Waals surface area contributed by atoms with Gasteiger partial charge in [0.15, 0.2) is 0 Å². The Bertz CT molecular complexity index is 703. The van der Waals surface area contributed by atoms with Crippen LogP contribution in [0.15, 0.2) is 48.8 Å². The molecule has 0 aliphatic rings. The molecule has 0 saturated heterocycles. The molecule has 3 rings (SSSR count). The molecule has 2 heterocycles. The molecule has 0 aliphatic heterocycles. The molecule has 0 radical (unpaired) electrons. The number of pyridine rings is 1. The van der Waals surface area contributed by atoms with Crippen molar-refractivity contribution in [1.29, 1.82) is 0 Å². The highest BCUT2D eigenvalue weighted by atomic mass is 35.5. The van der Waals surface area contributed by atoms with Crippen molar-refractivity contribution in [3.05, 3.63) is 65.1 Å². The van der Waals surface area contributed by atoms with Crippen LogP contribution in [0, 0.1) is 0 Å². The Labute approximate surface area is 110 Å². The van der Waals surface area contributed by atoms with E-state index in [1.54, 1.807) is 0 Å². The number of nitrogens with two attached hydrogens (primary N) is 1. The molecule has 90 valence electrons. The molecule has 3 nitrogen and oxygen atoms in total. The van der Waals surface area contributed by atoms with Crippen molar-refractivity contribution in [2.24, 2.45) is 0 Å². The average molecular weight is 258 g/mol. The third-order valence-electron chi connectivity index (χ3n) is 2.80. The van der Waals surface area contributed by atoms with Gasteiger partial charge in [0.25, 0.3) is 0 Å². The lowest BCUT2D eigenvalue weighted by atomic mass is 10.1. The normalized spacial score (nSPS) is 10.9. The molecule has 0 atom stereocenters. The van der Waals surface area contributed by atoms with Gasteiger partial charge in [0.1, 0.15) is 5.65 Å². The molecular weight excluding hydrogens is 246 g/mol. The van der Waals surface area contributed by atoms with E-state index in [1.165, 1.54) is 0 Å². The van der Waals surface area contributed by atoms with Gasteiger partial charge < -0.3 is 10.1 Å². The molecule has 0 saturated carbocycles. The van der Waals surface area contributed by atoms with Crippen molar-refractivity contribution in [3.63, 3.8) is 0 Å². The highest BCUT2D eigenvalue weighted by Crippen LogP contribution is 2.15. The number of aromatic nitrogens is 2. The number of halogens is 1. The van der Waals surface area contributed by atoms with Gasteiger partial charge in [-0.05, 0) is 29.8 Å². The molecule has 0 aliphatic carbocycles. The second kappa shape index (κ2) is 4.35. The predicted octanol–water partition coefficient (Wildman–Crippen LogP) is 3.16. The first kappa shape index (κ1) is 11.1. The van der Waals surface area contributed by atoms with E-state index in [4.69, 9.17) is 17.3 Å². The number of hydrogen-bond donors (Lipinski definition) is 1. The minimum atomic E-state index is 0.731. The van der Waals surface area contributed by atoms with Crippen molar-refractivity contribution in [2.75, 3.05) is 5.73 Å². The third-order valence-corrected chi connectivity index (χ3v) is 3.03. The second-order valence-electron chi connectivity index (χ2n) is 4.27. The van der Waals surface area contributed by atoms with Gasteiger partial charge in [-0.1, -0.05) is 23.7 Å². The Morgan fingerprint density at radius 2 is 2.06 bits per heavy atom. The van der Waals surface area contributed by atoms with E-state index in [2.05, 4.69) is 4.98 Å². The third kappa shape index (κ3) is 2.17. The molecule has 0 unspecified atom stereocenters. The van der Waals surface area contributed by atoms with E-state index in [1.807, 2.05) is 53.2 Å². The summed E-state index contributed by atoms with van der Waals surface area (Å²) in [5.41, 5.74) is 9.53. The molecule has 4 heteroatoms. The largest absolute Gasteiger partial charge is 0.398 e. The predicted molar refractivity (Wildman–Crippen MR) is 73.9 cm³/mol. The lowest BCUT2D eigenvalue weighted by Gasteiger charge is -1.97. The lowest BCUT2D eigenvalue weighted by Crippen LogP contribution is -1.88. The van der Waals surface area contributed by atoms with E-state index in [0.29, 0.717) is 0 Å². The topological polar surface area (TPSA) is 43.3 Å². The van der Waals surface area contributed by atoms with Crippen LogP contribution in [0.2, 0.25) is 5.02 Å². The quantitative estimate of drug-likeness (QED) is 0.766. The number of nitrogens with zero attached hydrogens (tertiary/aromatic N) is 2. The fraction of sp³-hybridized carbons (Fsp3) is 0.0714. The van der Waals surface area contributed by atoms with Crippen LogP contribution in [0.5, 0.6) is 0 Å². The van der Waals surface area contributed by atoms with Crippen LogP contribution in [-0.4, -0.2) is 9.38 Å². The Balaban J connectivity index is 1.95. The first-order valence-electron chi connectivity index (χ1n) is 5.68. The van der Waals surface area contributed by atoms with Gasteiger partial charge in [-0.2, -0.15) is 0 Å². The van der Waals surface area contributed by atoms with Crippen molar-refractivity contribution in [3.8, 4) is 0 Å². The number of rotatable bonds is 2. The highest BCUT2D eigenvalue weighted by molar-refractivity contribution is 6.30. The summed E-state index contributed by atoms with van der Waals surface area (Å²) in [4.78, 5) is 4.54. The number of imidazole rings is 1. The van der Waals surface area contributed by atoms with Gasteiger partial charge in [0.2, 0.25) is 0 Å². The van der Waals surface area contributed by atoms with Gasteiger partial charge >= 0.3 is 0 Å². The van der Waals surface area contributed by atoms with Crippen molar-refractivity contribution in [2.45, 2.75) is 6.42 Å². The van der Waals surface area contributed by atoms with E-state index >= 15 is 0 Å². The summed E-state index contributed by atoms with van der Waals surface area (Å²) in [7, 11) is 0. The number of anilines is 1. The standard InChI is InChI=1S/C14H12ClN3/c15-11-3-1-2-10(6-11)7-13-9-18-8-12(16)4-5-14(18)17-13/h1-6,8-9H,7,16H2. The molecule has 0 amide bonds. The van der Waals surface area contributed by atoms with Crippen molar-refractivity contribution in [1.82, 2.24) is 9.38 Å². The number of benzene rings is 1. The fourth-order valence-corrected chi connectivity index (χ4v) is 2.22. The zero-order valence-electron chi connectivity index (χ0n) is 9.68. The first-order chi connectivity index (χ1) is 8.70. The second-order valence-corrected chi connectivity index (χ2v) is 4.70. The Kier molecular flexibility index (Phi) is 2.68. The van der Waals surface area contributed by atoms with Crippen LogP contribution in [0.25, 0.3) is 5.65 Å². The number of nitrogen functional groups attached to an aromatic ring is 1. The Morgan fingerprint density at radius 1 is 1.17 bits per heavy atom. The molecule has 0 bridgehead atoms. The smallest absolute Gasteiger partial charge is 0.137 e. The summed E-state index contributed by atoms with van der Waals surface area (Å²) in [6.45, 7) is 0. The Morgan fingerprint density at radius 3 is 2.89 bits per heavy atom. The van der Waals surface area contributed by atoms with Gasteiger partial charge in [-0.15, -0.1) is 0 Å². The molecule has 3 aromatic rings. The summed E-state index contributed by atoms with van der Waals surface area (Å²) in [6.07, 6.45) is 4.62. The first-order valence-corrected chi connectivity index (χ1v) is 6.06. The Hall–Kier alpha value is -2.00. The highest BCUT2D eigenvalue weighted by Gasteiger charge is 2.03. The van der Waals surface area contributed by atoms with Crippen LogP contribution in [-0.2, 0) is 6.42 Å². The van der Waals surface area contributed by atoms with E-state index in [0.717, 1.165) is 34.0 Å². The molecule has 18 heavy (non-hydrogen) atoms. The monoisotopic (exact) mass is 257 g/mol. The van der Waals surface area contributed by atoms with Gasteiger partial charge in [0, 0.05) is 29.5 Å². The SMILES string of the molecule is Nc1ccc2nc(Cc3cccc(Cl)c3)cn2c1. The summed E-state index contributed by atoms with van der Waals surface area (Å²) >= 11 is 5.97. The molecule has 2 N–H and O–H groups in total. The van der Waals surface area contributed by atoms with Crippen LogP contribution < -0.4 is 5.73 Å². The molecule has 1 aromatic carbocycles. The minimum absolute atomic E-state index is 0.731. The molecule has 0 fully saturated rings. The lowest BCUT2D eigenvalue weighted by molar-refractivity contribution is 1.11. The molecule has 0 spiro atoms. The minimum Gasteiger partial charge on any atom is -0.398 e. The maximum absolute atomic E-state index is 5.97. The van der Waals surface area contributed by atoms with Gasteiger partial charge in [-0.25, -0.2) is 4.98 Å². The number of hydrogen-bond acceptors (Lipinski definition) is 2. The van der Waals surface area contributed by atoms with Crippen LogP contribution >= 0.6 is 11.6 Å². The number of fused-ring (bicyclic) bond motifs is 1.